The van der Waals surface area contributed by atoms with E-state index in [9.17, 15) is 32.3 Å². The van der Waals surface area contributed by atoms with E-state index in [-0.39, 0.29) is 39.8 Å². The number of rotatable bonds is 6. The molecule has 0 aliphatic carbocycles. The standard InChI is InChI=1S/C30H25ClF4N4O4/c1-14-8-17-9-18(10-21(31)23(17)38-15(14)2)26(40)37-12-29(42,30(33,34)35)22-11-20-25(43-13-28(20,3)27(36)41)24(39-22)16-4-6-19(32)7-5-16/h4-11,42H,12-13H2,1-3H3,(H2,36,41)(H,37,40)/t28-,29-/m0/s1. The van der Waals surface area contributed by atoms with Crippen molar-refractivity contribution in [2.45, 2.75) is 38.0 Å². The van der Waals surface area contributed by atoms with Gasteiger partial charge in [-0.2, -0.15) is 13.2 Å². The Morgan fingerprint density at radius 1 is 1.12 bits per heavy atom. The van der Waals surface area contributed by atoms with Gasteiger partial charge in [-0.25, -0.2) is 9.37 Å². The Balaban J connectivity index is 1.58. The van der Waals surface area contributed by atoms with Gasteiger partial charge in [0.2, 0.25) is 11.5 Å². The number of nitrogens with one attached hydrogen (secondary N) is 1. The predicted molar refractivity (Wildman–Crippen MR) is 150 cm³/mol. The molecule has 4 N–H and O–H groups in total. The Labute approximate surface area is 247 Å². The molecule has 0 saturated carbocycles. The van der Waals surface area contributed by atoms with E-state index >= 15 is 0 Å². The van der Waals surface area contributed by atoms with Crippen molar-refractivity contribution in [3.63, 3.8) is 0 Å². The number of aromatic nitrogens is 2. The second-order valence-corrected chi connectivity index (χ2v) is 11.1. The summed E-state index contributed by atoms with van der Waals surface area (Å²) in [4.78, 5) is 34.0. The third-order valence-corrected chi connectivity index (χ3v) is 8.00. The molecule has 0 spiro atoms. The summed E-state index contributed by atoms with van der Waals surface area (Å²) in [5, 5.41) is 14.0. The van der Waals surface area contributed by atoms with Crippen molar-refractivity contribution in [3.8, 4) is 17.0 Å². The molecule has 1 aliphatic heterocycles. The monoisotopic (exact) mass is 616 g/mol. The first-order chi connectivity index (χ1) is 20.0. The minimum Gasteiger partial charge on any atom is -0.489 e. The summed E-state index contributed by atoms with van der Waals surface area (Å²) < 4.78 is 63.2. The SMILES string of the molecule is Cc1cc2cc(C(=O)NC[C@](O)(c3cc4c(c(-c5ccc(F)cc5)n3)OC[C@]4(C)C(N)=O)C(F)(F)F)cc(Cl)c2nc1C. The highest BCUT2D eigenvalue weighted by atomic mass is 35.5. The molecule has 2 aromatic carbocycles. The average molecular weight is 617 g/mol. The molecule has 0 radical (unpaired) electrons. The van der Waals surface area contributed by atoms with Crippen molar-refractivity contribution in [2.75, 3.05) is 13.2 Å². The number of carbonyl (C=O) groups is 2. The van der Waals surface area contributed by atoms with E-state index in [0.717, 1.165) is 29.5 Å². The Kier molecular flexibility index (Phi) is 7.34. The molecule has 224 valence electrons. The zero-order valence-electron chi connectivity index (χ0n) is 23.1. The summed E-state index contributed by atoms with van der Waals surface area (Å²) in [6.45, 7) is 3.34. The number of halogens is 5. The Morgan fingerprint density at radius 2 is 1.79 bits per heavy atom. The molecule has 0 unspecified atom stereocenters. The van der Waals surface area contributed by atoms with Gasteiger partial charge in [0.15, 0.2) is 0 Å². The van der Waals surface area contributed by atoms with Gasteiger partial charge in [-0.3, -0.25) is 14.6 Å². The van der Waals surface area contributed by atoms with E-state index in [1.807, 2.05) is 6.92 Å². The number of alkyl halides is 3. The molecular weight excluding hydrogens is 592 g/mol. The van der Waals surface area contributed by atoms with E-state index in [4.69, 9.17) is 22.1 Å². The topological polar surface area (TPSA) is 127 Å². The number of nitrogens with zero attached hydrogens (tertiary/aromatic N) is 2. The van der Waals surface area contributed by atoms with Crippen LogP contribution < -0.4 is 15.8 Å². The van der Waals surface area contributed by atoms with Crippen LogP contribution in [0, 0.1) is 19.7 Å². The molecule has 43 heavy (non-hydrogen) atoms. The van der Waals surface area contributed by atoms with E-state index in [1.165, 1.54) is 31.2 Å². The number of benzene rings is 2. The number of fused-ring (bicyclic) bond motifs is 2. The fourth-order valence-electron chi connectivity index (χ4n) is 4.82. The van der Waals surface area contributed by atoms with Crippen molar-refractivity contribution >= 4 is 34.3 Å². The number of hydrogen-bond acceptors (Lipinski definition) is 6. The van der Waals surface area contributed by atoms with Crippen molar-refractivity contribution < 1.29 is 37.0 Å². The number of pyridine rings is 2. The summed E-state index contributed by atoms with van der Waals surface area (Å²) >= 11 is 6.33. The number of ether oxygens (including phenoxy) is 1. The summed E-state index contributed by atoms with van der Waals surface area (Å²) in [7, 11) is 0. The largest absolute Gasteiger partial charge is 0.489 e. The van der Waals surface area contributed by atoms with Gasteiger partial charge in [-0.05, 0) is 74.9 Å². The van der Waals surface area contributed by atoms with Crippen molar-refractivity contribution in [2.24, 2.45) is 5.73 Å². The number of hydrogen-bond donors (Lipinski definition) is 3. The molecule has 1 aliphatic rings. The Hall–Kier alpha value is -4.29. The fourth-order valence-corrected chi connectivity index (χ4v) is 5.09. The third kappa shape index (κ3) is 5.14. The highest BCUT2D eigenvalue weighted by molar-refractivity contribution is 6.35. The maximum atomic E-state index is 14.6. The lowest BCUT2D eigenvalue weighted by Crippen LogP contribution is -2.51. The summed E-state index contributed by atoms with van der Waals surface area (Å²) in [6, 6.07) is 10.0. The van der Waals surface area contributed by atoms with E-state index < -0.39 is 47.1 Å². The summed E-state index contributed by atoms with van der Waals surface area (Å²) in [6.07, 6.45) is -5.36. The molecule has 4 aromatic rings. The van der Waals surface area contributed by atoms with Crippen LogP contribution in [-0.2, 0) is 15.8 Å². The van der Waals surface area contributed by atoms with Crippen LogP contribution in [0.25, 0.3) is 22.2 Å². The first-order valence-corrected chi connectivity index (χ1v) is 13.3. The van der Waals surface area contributed by atoms with Crippen LogP contribution in [0.15, 0.2) is 48.5 Å². The van der Waals surface area contributed by atoms with Gasteiger partial charge in [-0.1, -0.05) is 11.6 Å². The smallest absolute Gasteiger partial charge is 0.424 e. The van der Waals surface area contributed by atoms with Crippen LogP contribution in [0.4, 0.5) is 17.6 Å². The Bertz CT molecular complexity index is 1800. The molecule has 0 bridgehead atoms. The number of primary amides is 1. The maximum absolute atomic E-state index is 14.6. The van der Waals surface area contributed by atoms with E-state index in [0.29, 0.717) is 10.9 Å². The normalized spacial score (nSPS) is 17.7. The molecule has 0 fully saturated rings. The quantitative estimate of drug-likeness (QED) is 0.261. The third-order valence-electron chi connectivity index (χ3n) is 7.71. The van der Waals surface area contributed by atoms with Crippen LogP contribution in [-0.4, -0.2) is 46.2 Å². The zero-order valence-corrected chi connectivity index (χ0v) is 23.8. The van der Waals surface area contributed by atoms with Crippen molar-refractivity contribution in [3.05, 3.63) is 87.4 Å². The molecule has 5 rings (SSSR count). The number of amides is 2. The van der Waals surface area contributed by atoms with Crippen molar-refractivity contribution in [1.82, 2.24) is 15.3 Å². The summed E-state index contributed by atoms with van der Waals surface area (Å²) in [5.41, 5.74) is 1.20. The van der Waals surface area contributed by atoms with Gasteiger partial charge in [-0.15, -0.1) is 0 Å². The van der Waals surface area contributed by atoms with E-state index in [2.05, 4.69) is 15.3 Å². The maximum Gasteiger partial charge on any atom is 0.424 e. The molecule has 2 aromatic heterocycles. The Morgan fingerprint density at radius 3 is 2.42 bits per heavy atom. The van der Waals surface area contributed by atoms with Crippen LogP contribution in [0.2, 0.25) is 5.02 Å². The highest BCUT2D eigenvalue weighted by Crippen LogP contribution is 2.47. The first kappa shape index (κ1) is 30.2. The number of aliphatic hydroxyl groups is 1. The minimum absolute atomic E-state index is 0.0323. The number of nitrogens with two attached hydrogens (primary N) is 1. The minimum atomic E-state index is -5.36. The van der Waals surface area contributed by atoms with E-state index in [1.54, 1.807) is 13.0 Å². The molecule has 0 saturated heterocycles. The van der Waals surface area contributed by atoms with Gasteiger partial charge in [0.05, 0.1) is 22.8 Å². The van der Waals surface area contributed by atoms with Crippen LogP contribution in [0.5, 0.6) is 5.75 Å². The van der Waals surface area contributed by atoms with Gasteiger partial charge < -0.3 is 20.9 Å². The van der Waals surface area contributed by atoms with Crippen LogP contribution in [0.3, 0.4) is 0 Å². The summed E-state index contributed by atoms with van der Waals surface area (Å²) in [5.74, 6) is -2.47. The second kappa shape index (κ2) is 10.5. The lowest BCUT2D eigenvalue weighted by atomic mass is 9.81. The van der Waals surface area contributed by atoms with Crippen LogP contribution >= 0.6 is 11.6 Å². The van der Waals surface area contributed by atoms with Crippen molar-refractivity contribution in [1.29, 1.82) is 0 Å². The highest BCUT2D eigenvalue weighted by Gasteiger charge is 2.57. The zero-order chi connectivity index (χ0) is 31.5. The first-order valence-electron chi connectivity index (χ1n) is 12.9. The van der Waals surface area contributed by atoms with Gasteiger partial charge >= 0.3 is 6.18 Å². The molecule has 8 nitrogen and oxygen atoms in total. The average Bonchev–Trinajstić information content (AvgIpc) is 3.29. The fraction of sp³-hybridized carbons (Fsp3) is 0.267. The molecule has 3 heterocycles. The number of aryl methyl sites for hydroxylation is 2. The van der Waals surface area contributed by atoms with Crippen LogP contribution in [0.1, 0.15) is 39.8 Å². The van der Waals surface area contributed by atoms with Gasteiger partial charge in [0.1, 0.15) is 29.3 Å². The lowest BCUT2D eigenvalue weighted by molar-refractivity contribution is -0.265. The molecule has 2 atom stereocenters. The lowest BCUT2D eigenvalue weighted by Gasteiger charge is -2.31. The van der Waals surface area contributed by atoms with Gasteiger partial charge in [0.25, 0.3) is 5.91 Å². The molecule has 13 heteroatoms. The molecule has 2 amide bonds. The second-order valence-electron chi connectivity index (χ2n) is 10.7. The predicted octanol–water partition coefficient (Wildman–Crippen LogP) is 5.02. The number of carbonyl (C=O) groups excluding carboxylic acids is 2. The van der Waals surface area contributed by atoms with Gasteiger partial charge in [0, 0.05) is 27.8 Å². The molecular formula is C30H25ClF4N4O4.